The summed E-state index contributed by atoms with van der Waals surface area (Å²) in [5.74, 6) is 0. The summed E-state index contributed by atoms with van der Waals surface area (Å²) < 4.78 is 6.61. The Labute approximate surface area is 323 Å². The topological polar surface area (TPSA) is 13.1 Å². The summed E-state index contributed by atoms with van der Waals surface area (Å²) in [5, 5.41) is 17.7. The van der Waals surface area contributed by atoms with E-state index in [4.69, 9.17) is 4.42 Å². The lowest BCUT2D eigenvalue weighted by Gasteiger charge is -2.22. The molecule has 1 aliphatic carbocycles. The largest absolute Gasteiger partial charge is 0.456 e. The van der Waals surface area contributed by atoms with Crippen molar-refractivity contribution < 1.29 is 4.42 Å². The van der Waals surface area contributed by atoms with Crippen molar-refractivity contribution in [3.8, 4) is 33.4 Å². The highest BCUT2D eigenvalue weighted by molar-refractivity contribution is 6.29. The zero-order chi connectivity index (χ0) is 36.9. The Balaban J connectivity index is 1.01. The van der Waals surface area contributed by atoms with Gasteiger partial charge in [0.1, 0.15) is 11.2 Å². The van der Waals surface area contributed by atoms with Crippen LogP contribution in [0.2, 0.25) is 0 Å². The highest BCUT2D eigenvalue weighted by Crippen LogP contribution is 2.51. The van der Waals surface area contributed by atoms with Crippen molar-refractivity contribution in [1.82, 2.24) is 0 Å². The van der Waals surface area contributed by atoms with Crippen LogP contribution in [0.1, 0.15) is 25.0 Å². The van der Waals surface area contributed by atoms with Gasteiger partial charge in [-0.05, 0) is 139 Å². The fourth-order valence-electron chi connectivity index (χ4n) is 10.5. The molecule has 1 nitrogen and oxygen atoms in total. The predicted octanol–water partition coefficient (Wildman–Crippen LogP) is 15.6. The molecule has 0 saturated carbocycles. The lowest BCUT2D eigenvalue weighted by Crippen LogP contribution is -2.14. The van der Waals surface area contributed by atoms with Crippen molar-refractivity contribution in [1.29, 1.82) is 0 Å². The smallest absolute Gasteiger partial charge is 0.136 e. The van der Waals surface area contributed by atoms with E-state index in [1.807, 2.05) is 0 Å². The molecule has 1 heterocycles. The second-order valence-electron chi connectivity index (χ2n) is 16.4. The van der Waals surface area contributed by atoms with Crippen molar-refractivity contribution in [2.45, 2.75) is 19.3 Å². The van der Waals surface area contributed by atoms with E-state index in [1.165, 1.54) is 109 Å². The van der Waals surface area contributed by atoms with Gasteiger partial charge in [-0.3, -0.25) is 0 Å². The minimum atomic E-state index is -0.0443. The molecule has 0 bridgehead atoms. The van der Waals surface area contributed by atoms with Crippen molar-refractivity contribution in [3.63, 3.8) is 0 Å². The van der Waals surface area contributed by atoms with Gasteiger partial charge in [-0.2, -0.15) is 0 Å². The lowest BCUT2D eigenvalue weighted by atomic mass is 9.81. The SMILES string of the molecule is CC1(C)c2ccccc2-c2ccc(-c3ccc4ccc5c(-c6ccc7oc8cc9c%10ccccc%10c%10ccccc%10c9cc8c7c6)ccc6ccc3c4c65)cc21. The number of hydrogen-bond acceptors (Lipinski definition) is 1. The molecule has 0 radical (unpaired) electrons. The molecule has 1 aliphatic rings. The summed E-state index contributed by atoms with van der Waals surface area (Å²) in [6.45, 7) is 4.73. The van der Waals surface area contributed by atoms with Crippen LogP contribution in [0, 0.1) is 0 Å². The third-order valence-corrected chi connectivity index (χ3v) is 13.2. The first-order valence-electron chi connectivity index (χ1n) is 19.7. The predicted molar refractivity (Wildman–Crippen MR) is 238 cm³/mol. The van der Waals surface area contributed by atoms with E-state index < -0.39 is 0 Å². The molecule has 56 heavy (non-hydrogen) atoms. The van der Waals surface area contributed by atoms with Crippen molar-refractivity contribution >= 4 is 86.6 Å². The van der Waals surface area contributed by atoms with Crippen LogP contribution >= 0.6 is 0 Å². The standard InChI is InChI=1S/C55H34O/c1-55(2)49-14-8-7-13-41(49)42-23-19-34(28-50(42)55)36-22-16-32-17-24-43-35(21-15-31-18-25-44(36)54(32)53(31)43)33-20-26-51-47(27-33)48-29-45-39-11-5-3-9-37(39)38-10-4-6-12-40(38)46(45)30-52(48)56-51/h3-30H,1-2H3. The maximum atomic E-state index is 6.61. The number of benzene rings is 11. The van der Waals surface area contributed by atoms with Gasteiger partial charge < -0.3 is 4.42 Å². The van der Waals surface area contributed by atoms with Gasteiger partial charge in [-0.1, -0.05) is 153 Å². The van der Waals surface area contributed by atoms with Crippen LogP contribution in [0.3, 0.4) is 0 Å². The van der Waals surface area contributed by atoms with Gasteiger partial charge in [0, 0.05) is 16.2 Å². The molecule has 0 aliphatic heterocycles. The first-order chi connectivity index (χ1) is 27.5. The van der Waals surface area contributed by atoms with Crippen LogP contribution in [0.4, 0.5) is 0 Å². The zero-order valence-corrected chi connectivity index (χ0v) is 31.1. The summed E-state index contributed by atoms with van der Waals surface area (Å²) in [4.78, 5) is 0. The third kappa shape index (κ3) is 3.89. The van der Waals surface area contributed by atoms with E-state index in [-0.39, 0.29) is 5.41 Å². The first kappa shape index (κ1) is 30.4. The van der Waals surface area contributed by atoms with Crippen LogP contribution in [0.25, 0.3) is 120 Å². The Bertz CT molecular complexity index is 3670. The van der Waals surface area contributed by atoms with Crippen molar-refractivity contribution in [3.05, 3.63) is 181 Å². The number of rotatable bonds is 2. The van der Waals surface area contributed by atoms with Gasteiger partial charge in [0.15, 0.2) is 0 Å². The number of hydrogen-bond donors (Lipinski definition) is 0. The molecule has 0 unspecified atom stereocenters. The average Bonchev–Trinajstić information content (AvgIpc) is 3.72. The molecular weight excluding hydrogens is 677 g/mol. The molecule has 11 aromatic carbocycles. The normalized spacial score (nSPS) is 13.7. The van der Waals surface area contributed by atoms with E-state index in [9.17, 15) is 0 Å². The lowest BCUT2D eigenvalue weighted by molar-refractivity contribution is 0.660. The maximum absolute atomic E-state index is 6.61. The molecule has 13 rings (SSSR count). The Kier molecular flexibility index (Phi) is 5.76. The molecular formula is C55H34O. The molecule has 0 spiro atoms. The van der Waals surface area contributed by atoms with Gasteiger partial charge >= 0.3 is 0 Å². The monoisotopic (exact) mass is 710 g/mol. The van der Waals surface area contributed by atoms with Crippen molar-refractivity contribution in [2.75, 3.05) is 0 Å². The van der Waals surface area contributed by atoms with E-state index in [1.54, 1.807) is 0 Å². The fourth-order valence-corrected chi connectivity index (χ4v) is 10.5. The Morgan fingerprint density at radius 3 is 1.50 bits per heavy atom. The highest BCUT2D eigenvalue weighted by atomic mass is 16.3. The third-order valence-electron chi connectivity index (χ3n) is 13.2. The summed E-state index contributed by atoms with van der Waals surface area (Å²) in [6.07, 6.45) is 0. The van der Waals surface area contributed by atoms with E-state index >= 15 is 0 Å². The van der Waals surface area contributed by atoms with E-state index in [0.29, 0.717) is 0 Å². The molecule has 1 heteroatoms. The second kappa shape index (κ2) is 10.6. The van der Waals surface area contributed by atoms with E-state index in [2.05, 4.69) is 184 Å². The Morgan fingerprint density at radius 2 is 0.821 bits per heavy atom. The second-order valence-corrected chi connectivity index (χ2v) is 16.4. The zero-order valence-electron chi connectivity index (χ0n) is 31.1. The van der Waals surface area contributed by atoms with Crippen LogP contribution in [0.15, 0.2) is 174 Å². The van der Waals surface area contributed by atoms with Gasteiger partial charge in [0.2, 0.25) is 0 Å². The minimum absolute atomic E-state index is 0.0443. The fraction of sp³-hybridized carbons (Fsp3) is 0.0545. The van der Waals surface area contributed by atoms with Crippen LogP contribution < -0.4 is 0 Å². The molecule has 1 aromatic heterocycles. The van der Waals surface area contributed by atoms with Gasteiger partial charge in [-0.25, -0.2) is 0 Å². The number of fused-ring (bicyclic) bond motifs is 12. The van der Waals surface area contributed by atoms with Crippen molar-refractivity contribution in [2.24, 2.45) is 0 Å². The maximum Gasteiger partial charge on any atom is 0.136 e. The molecule has 0 amide bonds. The van der Waals surface area contributed by atoms with Crippen LogP contribution in [-0.4, -0.2) is 0 Å². The Hall–Kier alpha value is -6.96. The van der Waals surface area contributed by atoms with Gasteiger partial charge in [-0.15, -0.1) is 0 Å². The van der Waals surface area contributed by atoms with Gasteiger partial charge in [0.05, 0.1) is 0 Å². The van der Waals surface area contributed by atoms with E-state index in [0.717, 1.165) is 21.9 Å². The molecule has 0 saturated heterocycles. The summed E-state index contributed by atoms with van der Waals surface area (Å²) >= 11 is 0. The molecule has 0 fully saturated rings. The summed E-state index contributed by atoms with van der Waals surface area (Å²) in [6, 6.07) is 63.5. The molecule has 12 aromatic rings. The minimum Gasteiger partial charge on any atom is -0.456 e. The first-order valence-corrected chi connectivity index (χ1v) is 19.7. The van der Waals surface area contributed by atoms with Gasteiger partial charge in [0.25, 0.3) is 0 Å². The number of furan rings is 1. The highest BCUT2D eigenvalue weighted by Gasteiger charge is 2.35. The molecule has 0 atom stereocenters. The average molecular weight is 711 g/mol. The van der Waals surface area contributed by atoms with Crippen LogP contribution in [-0.2, 0) is 5.41 Å². The summed E-state index contributed by atoms with van der Waals surface area (Å²) in [7, 11) is 0. The molecule has 260 valence electrons. The summed E-state index contributed by atoms with van der Waals surface area (Å²) in [5.41, 5.74) is 12.3. The van der Waals surface area contributed by atoms with Crippen LogP contribution in [0.5, 0.6) is 0 Å². The Morgan fingerprint density at radius 1 is 0.321 bits per heavy atom. The molecule has 0 N–H and O–H groups in total. The quantitative estimate of drug-likeness (QED) is 0.163.